The maximum Gasteiger partial charge on any atom is 0.270 e. The monoisotopic (exact) mass is 432 g/mol. The summed E-state index contributed by atoms with van der Waals surface area (Å²) < 4.78 is 3.83. The fourth-order valence-corrected chi connectivity index (χ4v) is 4.78. The van der Waals surface area contributed by atoms with E-state index < -0.39 is 0 Å². The Bertz CT molecular complexity index is 976. The van der Waals surface area contributed by atoms with Crippen LogP contribution in [-0.2, 0) is 6.54 Å². The van der Waals surface area contributed by atoms with Crippen molar-refractivity contribution in [3.63, 3.8) is 0 Å². The Morgan fingerprint density at radius 3 is 2.76 bits per heavy atom. The van der Waals surface area contributed by atoms with E-state index >= 15 is 0 Å². The van der Waals surface area contributed by atoms with Crippen molar-refractivity contribution in [2.24, 2.45) is 0 Å². The minimum Gasteiger partial charge on any atom is -0.281 e. The Labute approximate surface area is 160 Å². The molecule has 1 aromatic carbocycles. The van der Waals surface area contributed by atoms with Crippen LogP contribution in [0.15, 0.2) is 58.6 Å². The Kier molecular flexibility index (Phi) is 4.65. The van der Waals surface area contributed by atoms with Gasteiger partial charge in [-0.1, -0.05) is 23.5 Å². The molecule has 0 bridgehead atoms. The van der Waals surface area contributed by atoms with Crippen LogP contribution in [0.5, 0.6) is 0 Å². The minimum atomic E-state index is -0.0399. The van der Waals surface area contributed by atoms with E-state index in [0.717, 1.165) is 14.0 Å². The predicted molar refractivity (Wildman–Crippen MR) is 106 cm³/mol. The summed E-state index contributed by atoms with van der Waals surface area (Å²) in [6, 6.07) is 13.5. The molecule has 0 unspecified atom stereocenters. The van der Waals surface area contributed by atoms with Crippen molar-refractivity contribution < 1.29 is 4.79 Å². The van der Waals surface area contributed by atoms with Gasteiger partial charge in [0, 0.05) is 18.9 Å². The molecule has 0 atom stereocenters. The van der Waals surface area contributed by atoms with Gasteiger partial charge in [-0.05, 0) is 46.3 Å². The normalized spacial score (nSPS) is 11.1. The van der Waals surface area contributed by atoms with Crippen molar-refractivity contribution in [2.75, 3.05) is 11.4 Å². The average molecular weight is 433 g/mol. The predicted octanol–water partition coefficient (Wildman–Crippen LogP) is 4.66. The van der Waals surface area contributed by atoms with Crippen LogP contribution in [0.25, 0.3) is 10.2 Å². The first kappa shape index (κ1) is 16.4. The lowest BCUT2D eigenvalue weighted by Gasteiger charge is -2.19. The zero-order valence-corrected chi connectivity index (χ0v) is 16.2. The van der Waals surface area contributed by atoms with Gasteiger partial charge >= 0.3 is 0 Å². The van der Waals surface area contributed by atoms with E-state index in [0.29, 0.717) is 23.1 Å². The van der Waals surface area contributed by atoms with Gasteiger partial charge in [0.15, 0.2) is 5.13 Å². The highest BCUT2D eigenvalue weighted by Gasteiger charge is 2.22. The number of benzene rings is 1. The van der Waals surface area contributed by atoms with Crippen LogP contribution in [0.1, 0.15) is 9.67 Å². The minimum absolute atomic E-state index is 0.0399. The van der Waals surface area contributed by atoms with Gasteiger partial charge in [-0.3, -0.25) is 14.4 Å². The van der Waals surface area contributed by atoms with Gasteiger partial charge in [-0.2, -0.15) is 5.10 Å². The number of para-hydroxylation sites is 1. The fourth-order valence-electron chi connectivity index (χ4n) is 2.46. The first-order valence-corrected chi connectivity index (χ1v) is 10.0. The number of fused-ring (bicyclic) bond motifs is 1. The second kappa shape index (κ2) is 7.07. The highest BCUT2D eigenvalue weighted by Crippen LogP contribution is 2.31. The maximum atomic E-state index is 13.0. The Balaban J connectivity index is 1.67. The van der Waals surface area contributed by atoms with Crippen LogP contribution in [-0.4, -0.2) is 27.2 Å². The number of halogens is 1. The summed E-state index contributed by atoms with van der Waals surface area (Å²) >= 11 is 6.38. The molecule has 0 saturated heterocycles. The number of carbonyl (C=O) groups is 1. The topological polar surface area (TPSA) is 51.0 Å². The summed E-state index contributed by atoms with van der Waals surface area (Å²) in [5, 5.41) is 4.93. The summed E-state index contributed by atoms with van der Waals surface area (Å²) in [6.45, 7) is 1.12. The van der Waals surface area contributed by atoms with Crippen molar-refractivity contribution in [1.29, 1.82) is 0 Å². The largest absolute Gasteiger partial charge is 0.281 e. The number of anilines is 1. The molecule has 1 amide bonds. The first-order chi connectivity index (χ1) is 12.2. The molecule has 3 heterocycles. The molecule has 0 spiro atoms. The standard InChI is InChI=1S/C17H13BrN4OS2/c18-15-7-6-14(24-15)16(23)22(11-10-21-9-3-8-19-21)17-20-12-4-1-2-5-13(12)25-17/h1-9H,10-11H2. The molecule has 5 nitrogen and oxygen atoms in total. The van der Waals surface area contributed by atoms with Crippen molar-refractivity contribution >= 4 is 59.9 Å². The van der Waals surface area contributed by atoms with E-state index in [2.05, 4.69) is 26.0 Å². The Morgan fingerprint density at radius 2 is 2.04 bits per heavy atom. The third-order valence-corrected chi connectivity index (χ3v) is 6.33. The van der Waals surface area contributed by atoms with Crippen LogP contribution in [0.4, 0.5) is 5.13 Å². The number of amides is 1. The molecule has 0 fully saturated rings. The zero-order valence-electron chi connectivity index (χ0n) is 13.0. The number of hydrogen-bond acceptors (Lipinski definition) is 5. The summed E-state index contributed by atoms with van der Waals surface area (Å²) in [5.74, 6) is -0.0399. The van der Waals surface area contributed by atoms with Crippen LogP contribution in [0, 0.1) is 0 Å². The quantitative estimate of drug-likeness (QED) is 0.460. The lowest BCUT2D eigenvalue weighted by atomic mass is 10.3. The molecular formula is C17H13BrN4OS2. The third-order valence-electron chi connectivity index (χ3n) is 3.65. The second-order valence-electron chi connectivity index (χ2n) is 5.29. The smallest absolute Gasteiger partial charge is 0.270 e. The van der Waals surface area contributed by atoms with Crippen molar-refractivity contribution in [2.45, 2.75) is 6.54 Å². The van der Waals surface area contributed by atoms with Gasteiger partial charge in [0.25, 0.3) is 5.91 Å². The molecule has 0 N–H and O–H groups in total. The van der Waals surface area contributed by atoms with E-state index in [1.165, 1.54) is 22.7 Å². The molecule has 25 heavy (non-hydrogen) atoms. The molecule has 3 aromatic heterocycles. The molecule has 0 saturated carbocycles. The maximum absolute atomic E-state index is 13.0. The number of aromatic nitrogens is 3. The third kappa shape index (κ3) is 3.51. The number of hydrogen-bond donors (Lipinski definition) is 0. The van der Waals surface area contributed by atoms with Crippen LogP contribution < -0.4 is 4.90 Å². The number of thiophene rings is 1. The lowest BCUT2D eigenvalue weighted by Crippen LogP contribution is -2.33. The van der Waals surface area contributed by atoms with E-state index in [4.69, 9.17) is 0 Å². The summed E-state index contributed by atoms with van der Waals surface area (Å²) in [5.41, 5.74) is 0.909. The van der Waals surface area contributed by atoms with E-state index in [1.807, 2.05) is 53.3 Å². The first-order valence-electron chi connectivity index (χ1n) is 7.61. The molecule has 0 aliphatic heterocycles. The number of carbonyl (C=O) groups excluding carboxylic acids is 1. The van der Waals surface area contributed by atoms with Crippen molar-refractivity contribution in [3.8, 4) is 0 Å². The molecule has 0 aliphatic rings. The molecule has 126 valence electrons. The number of rotatable bonds is 5. The average Bonchev–Trinajstić information content (AvgIpc) is 3.34. The van der Waals surface area contributed by atoms with Crippen LogP contribution in [0.2, 0.25) is 0 Å². The van der Waals surface area contributed by atoms with Gasteiger partial charge < -0.3 is 0 Å². The summed E-state index contributed by atoms with van der Waals surface area (Å²) in [6.07, 6.45) is 3.63. The second-order valence-corrected chi connectivity index (χ2v) is 8.77. The van der Waals surface area contributed by atoms with Gasteiger partial charge in [-0.25, -0.2) is 4.98 Å². The highest BCUT2D eigenvalue weighted by atomic mass is 79.9. The van der Waals surface area contributed by atoms with E-state index in [9.17, 15) is 4.79 Å². The molecule has 4 rings (SSSR count). The zero-order chi connectivity index (χ0) is 17.2. The van der Waals surface area contributed by atoms with Crippen LogP contribution >= 0.6 is 38.6 Å². The van der Waals surface area contributed by atoms with Crippen LogP contribution in [0.3, 0.4) is 0 Å². The molecule has 8 heteroatoms. The van der Waals surface area contributed by atoms with Gasteiger partial charge in [0.1, 0.15) is 0 Å². The molecule has 0 radical (unpaired) electrons. The highest BCUT2D eigenvalue weighted by molar-refractivity contribution is 9.11. The SMILES string of the molecule is O=C(c1ccc(Br)s1)N(CCn1cccn1)c1nc2ccccc2s1. The molecular weight excluding hydrogens is 420 g/mol. The summed E-state index contributed by atoms with van der Waals surface area (Å²) in [7, 11) is 0. The van der Waals surface area contributed by atoms with Gasteiger partial charge in [-0.15, -0.1) is 11.3 Å². The number of thiazole rings is 1. The van der Waals surface area contributed by atoms with Crippen molar-refractivity contribution in [1.82, 2.24) is 14.8 Å². The van der Waals surface area contributed by atoms with E-state index in [1.54, 1.807) is 11.1 Å². The Hall–Kier alpha value is -2.03. The van der Waals surface area contributed by atoms with E-state index in [-0.39, 0.29) is 5.91 Å². The fraction of sp³-hybridized carbons (Fsp3) is 0.118. The van der Waals surface area contributed by atoms with Crippen molar-refractivity contribution in [3.05, 3.63) is 63.5 Å². The van der Waals surface area contributed by atoms with Gasteiger partial charge in [0.2, 0.25) is 0 Å². The number of nitrogens with zero attached hydrogens (tertiary/aromatic N) is 4. The molecule has 0 aliphatic carbocycles. The summed E-state index contributed by atoms with van der Waals surface area (Å²) in [4.78, 5) is 20.1. The van der Waals surface area contributed by atoms with Gasteiger partial charge in [0.05, 0.1) is 25.4 Å². The lowest BCUT2D eigenvalue weighted by molar-refractivity contribution is 0.0989. The molecule has 4 aromatic rings. The Morgan fingerprint density at radius 1 is 1.16 bits per heavy atom.